The fraction of sp³-hybridized carbons (Fsp3) is 0.375. The number of aliphatic carboxylic acids is 1. The third kappa shape index (κ3) is 5.38. The summed E-state index contributed by atoms with van der Waals surface area (Å²) in [5.41, 5.74) is 0.195. The van der Waals surface area contributed by atoms with Crippen molar-refractivity contribution in [1.29, 1.82) is 0 Å². The van der Waals surface area contributed by atoms with E-state index in [2.05, 4.69) is 20.7 Å². The van der Waals surface area contributed by atoms with Gasteiger partial charge in [0.2, 0.25) is 0 Å². The summed E-state index contributed by atoms with van der Waals surface area (Å²) in [6.45, 7) is 3.99. The number of carboxylic acids is 1. The van der Waals surface area contributed by atoms with Gasteiger partial charge in [0.1, 0.15) is 5.82 Å². The van der Waals surface area contributed by atoms with Gasteiger partial charge in [-0.25, -0.2) is 9.48 Å². The van der Waals surface area contributed by atoms with Crippen LogP contribution in [0.3, 0.4) is 0 Å². The minimum Gasteiger partial charge on any atom is -0.481 e. The number of pyridine rings is 1. The molecule has 0 unspecified atom stereocenters. The van der Waals surface area contributed by atoms with Crippen LogP contribution < -0.4 is 10.6 Å². The minimum absolute atomic E-state index is 0.00904. The topological polar surface area (TPSA) is 109 Å². The first-order valence-corrected chi connectivity index (χ1v) is 7.58. The molecule has 0 aromatic carbocycles. The van der Waals surface area contributed by atoms with Crippen LogP contribution in [0.25, 0.3) is 0 Å². The lowest BCUT2D eigenvalue weighted by Crippen LogP contribution is -2.46. The largest absolute Gasteiger partial charge is 0.481 e. The Bertz CT molecular complexity index is 697. The van der Waals surface area contributed by atoms with E-state index in [4.69, 9.17) is 5.11 Å². The van der Waals surface area contributed by atoms with Crippen molar-refractivity contribution < 1.29 is 14.7 Å². The SMILES string of the molecule is CC(C)(CCC(=O)O)NC(=O)Nc1ccnn1Cc1ccccn1. The number of nitrogens with one attached hydrogen (secondary N) is 2. The maximum absolute atomic E-state index is 12.1. The van der Waals surface area contributed by atoms with Crippen LogP contribution in [0.4, 0.5) is 10.6 Å². The maximum Gasteiger partial charge on any atom is 0.320 e. The highest BCUT2D eigenvalue weighted by Crippen LogP contribution is 2.13. The molecule has 24 heavy (non-hydrogen) atoms. The molecule has 2 aromatic rings. The molecule has 0 aliphatic rings. The molecule has 0 saturated heterocycles. The van der Waals surface area contributed by atoms with Gasteiger partial charge in [-0.2, -0.15) is 5.10 Å². The van der Waals surface area contributed by atoms with Gasteiger partial charge < -0.3 is 10.4 Å². The van der Waals surface area contributed by atoms with Gasteiger partial charge in [-0.1, -0.05) is 6.07 Å². The molecule has 2 heterocycles. The Morgan fingerprint density at radius 3 is 2.71 bits per heavy atom. The first-order valence-electron chi connectivity index (χ1n) is 7.58. The Morgan fingerprint density at radius 1 is 1.25 bits per heavy atom. The van der Waals surface area contributed by atoms with Crippen LogP contribution in [-0.2, 0) is 11.3 Å². The number of rotatable bonds is 7. The van der Waals surface area contributed by atoms with E-state index in [-0.39, 0.29) is 6.42 Å². The average Bonchev–Trinajstić information content (AvgIpc) is 2.93. The van der Waals surface area contributed by atoms with Gasteiger partial charge in [-0.15, -0.1) is 0 Å². The molecule has 0 aliphatic heterocycles. The van der Waals surface area contributed by atoms with Gasteiger partial charge in [0.25, 0.3) is 0 Å². The molecule has 0 aliphatic carbocycles. The summed E-state index contributed by atoms with van der Waals surface area (Å²) >= 11 is 0. The summed E-state index contributed by atoms with van der Waals surface area (Å²) < 4.78 is 1.63. The minimum atomic E-state index is -0.890. The summed E-state index contributed by atoms with van der Waals surface area (Å²) in [4.78, 5) is 27.0. The van der Waals surface area contributed by atoms with E-state index in [1.165, 1.54) is 0 Å². The fourth-order valence-electron chi connectivity index (χ4n) is 2.15. The Balaban J connectivity index is 1.95. The monoisotopic (exact) mass is 331 g/mol. The first kappa shape index (κ1) is 17.5. The first-order chi connectivity index (χ1) is 11.4. The number of hydrogen-bond donors (Lipinski definition) is 3. The van der Waals surface area contributed by atoms with Gasteiger partial charge in [0, 0.05) is 24.2 Å². The molecular formula is C16H21N5O3. The normalized spacial score (nSPS) is 11.1. The van der Waals surface area contributed by atoms with Crippen molar-refractivity contribution in [3.63, 3.8) is 0 Å². The van der Waals surface area contributed by atoms with E-state index < -0.39 is 17.5 Å². The maximum atomic E-state index is 12.1. The zero-order valence-electron chi connectivity index (χ0n) is 13.7. The summed E-state index contributed by atoms with van der Waals surface area (Å²) in [5.74, 6) is -0.356. The molecule has 2 rings (SSSR count). The van der Waals surface area contributed by atoms with Gasteiger partial charge >= 0.3 is 12.0 Å². The Hall–Kier alpha value is -2.90. The standard InChI is InChI=1S/C16H21N5O3/c1-16(2,8-6-14(22)23)20-15(24)19-13-7-10-18-21(13)11-12-5-3-4-9-17-12/h3-5,7,9-10H,6,8,11H2,1-2H3,(H,22,23)(H2,19,20,24). The molecule has 2 amide bonds. The molecule has 8 nitrogen and oxygen atoms in total. The van der Waals surface area contributed by atoms with Crippen molar-refractivity contribution in [2.24, 2.45) is 0 Å². The number of carbonyl (C=O) groups excluding carboxylic acids is 1. The van der Waals surface area contributed by atoms with E-state index in [1.54, 1.807) is 37.0 Å². The molecule has 128 valence electrons. The zero-order valence-corrected chi connectivity index (χ0v) is 13.7. The smallest absolute Gasteiger partial charge is 0.320 e. The van der Waals surface area contributed by atoms with Crippen molar-refractivity contribution in [2.45, 2.75) is 38.8 Å². The Labute approximate surface area is 139 Å². The lowest BCUT2D eigenvalue weighted by atomic mass is 9.99. The predicted octanol–water partition coefficient (Wildman–Crippen LogP) is 2.09. The van der Waals surface area contributed by atoms with Crippen LogP contribution in [0.15, 0.2) is 36.7 Å². The average molecular weight is 331 g/mol. The van der Waals surface area contributed by atoms with E-state index in [0.29, 0.717) is 18.8 Å². The third-order valence-electron chi connectivity index (χ3n) is 3.41. The van der Waals surface area contributed by atoms with Gasteiger partial charge in [0.05, 0.1) is 18.4 Å². The fourth-order valence-corrected chi connectivity index (χ4v) is 2.15. The second-order valence-electron chi connectivity index (χ2n) is 6.05. The van der Waals surface area contributed by atoms with Gasteiger partial charge in [-0.3, -0.25) is 15.1 Å². The quantitative estimate of drug-likeness (QED) is 0.720. The number of anilines is 1. The number of hydrogen-bond acceptors (Lipinski definition) is 4. The molecule has 0 spiro atoms. The molecule has 0 radical (unpaired) electrons. The molecule has 0 fully saturated rings. The van der Waals surface area contributed by atoms with Gasteiger partial charge in [-0.05, 0) is 32.4 Å². The Kier molecular flexibility index (Phi) is 5.51. The molecular weight excluding hydrogens is 310 g/mol. The molecule has 0 saturated carbocycles. The van der Waals surface area contributed by atoms with E-state index >= 15 is 0 Å². The summed E-state index contributed by atoms with van der Waals surface area (Å²) in [6.07, 6.45) is 3.62. The van der Waals surface area contributed by atoms with E-state index in [0.717, 1.165) is 5.69 Å². The van der Waals surface area contributed by atoms with E-state index in [9.17, 15) is 9.59 Å². The van der Waals surface area contributed by atoms with Crippen molar-refractivity contribution in [3.8, 4) is 0 Å². The second-order valence-corrected chi connectivity index (χ2v) is 6.05. The van der Waals surface area contributed by atoms with Crippen LogP contribution in [0.5, 0.6) is 0 Å². The summed E-state index contributed by atoms with van der Waals surface area (Å²) in [5, 5.41) is 18.4. The van der Waals surface area contributed by atoms with Crippen LogP contribution in [-0.4, -0.2) is 37.4 Å². The summed E-state index contributed by atoms with van der Waals surface area (Å²) in [7, 11) is 0. The highest BCUT2D eigenvalue weighted by molar-refractivity contribution is 5.88. The molecule has 2 aromatic heterocycles. The van der Waals surface area contributed by atoms with E-state index in [1.807, 2.05) is 18.2 Å². The van der Waals surface area contributed by atoms with Crippen LogP contribution in [0.2, 0.25) is 0 Å². The molecule has 0 bridgehead atoms. The lowest BCUT2D eigenvalue weighted by Gasteiger charge is -2.25. The van der Waals surface area contributed by atoms with Crippen molar-refractivity contribution in [3.05, 3.63) is 42.4 Å². The second kappa shape index (κ2) is 7.58. The predicted molar refractivity (Wildman–Crippen MR) is 88.7 cm³/mol. The Morgan fingerprint density at radius 2 is 2.04 bits per heavy atom. The molecule has 3 N–H and O–H groups in total. The van der Waals surface area contributed by atoms with Crippen LogP contribution in [0.1, 0.15) is 32.4 Å². The van der Waals surface area contributed by atoms with Crippen molar-refractivity contribution >= 4 is 17.8 Å². The molecule has 8 heteroatoms. The highest BCUT2D eigenvalue weighted by Gasteiger charge is 2.22. The highest BCUT2D eigenvalue weighted by atomic mass is 16.4. The van der Waals surface area contributed by atoms with Gasteiger partial charge in [0.15, 0.2) is 0 Å². The number of carboxylic acid groups (broad SMARTS) is 1. The number of carbonyl (C=O) groups is 2. The number of aromatic nitrogens is 3. The van der Waals surface area contributed by atoms with Crippen LogP contribution >= 0.6 is 0 Å². The van der Waals surface area contributed by atoms with Crippen molar-refractivity contribution in [2.75, 3.05) is 5.32 Å². The third-order valence-corrected chi connectivity index (χ3v) is 3.41. The number of amides is 2. The van der Waals surface area contributed by atoms with Crippen molar-refractivity contribution in [1.82, 2.24) is 20.1 Å². The van der Waals surface area contributed by atoms with Crippen LogP contribution in [0, 0.1) is 0 Å². The zero-order chi connectivity index (χ0) is 17.6. The number of nitrogens with zero attached hydrogens (tertiary/aromatic N) is 3. The lowest BCUT2D eigenvalue weighted by molar-refractivity contribution is -0.137. The number of urea groups is 1. The summed E-state index contributed by atoms with van der Waals surface area (Å²) in [6, 6.07) is 6.87. The molecule has 0 atom stereocenters.